The van der Waals surface area contributed by atoms with Gasteiger partial charge >= 0.3 is 0 Å². The van der Waals surface area contributed by atoms with Crippen LogP contribution in [0.4, 0.5) is 11.6 Å². The Hall–Kier alpha value is -3.70. The minimum atomic E-state index is 0.247. The maximum absolute atomic E-state index is 7.85. The summed E-state index contributed by atoms with van der Waals surface area (Å²) in [6.07, 6.45) is 3.26. The minimum absolute atomic E-state index is 0.247. The molecule has 0 atom stereocenters. The highest BCUT2D eigenvalue weighted by molar-refractivity contribution is 5.91. The summed E-state index contributed by atoms with van der Waals surface area (Å²) in [4.78, 5) is 16.0. The molecular formula is C23H23N7O. The third-order valence-corrected chi connectivity index (χ3v) is 5.71. The number of nitrogens with one attached hydrogen (secondary N) is 2. The fourth-order valence-electron chi connectivity index (χ4n) is 4.01. The third-order valence-electron chi connectivity index (χ3n) is 5.71. The average molecular weight is 413 g/mol. The Labute approximate surface area is 180 Å². The lowest BCUT2D eigenvalue weighted by molar-refractivity contribution is -0.127. The quantitative estimate of drug-likeness (QED) is 0.503. The summed E-state index contributed by atoms with van der Waals surface area (Å²) in [7, 11) is 3.71. The number of ether oxygens (including phenoxy) is 1. The lowest BCUT2D eigenvalue weighted by Crippen LogP contribution is -2.66. The summed E-state index contributed by atoms with van der Waals surface area (Å²) in [5.74, 6) is 8.54. The smallest absolute Gasteiger partial charge is 0.209 e. The Bertz CT molecular complexity index is 1190. The molecule has 0 aliphatic carbocycles. The normalized spacial score (nSPS) is 16.1. The Morgan fingerprint density at radius 2 is 1.90 bits per heavy atom. The number of nitrogens with zero attached hydrogens (tertiary/aromatic N) is 5. The molecule has 2 aliphatic rings. The van der Waals surface area contributed by atoms with Crippen molar-refractivity contribution in [1.29, 1.82) is 5.41 Å². The average Bonchev–Trinajstić information content (AvgIpc) is 3.11. The van der Waals surface area contributed by atoms with Crippen LogP contribution in [-0.2, 0) is 11.8 Å². The number of hydrogen-bond donors (Lipinski definition) is 2. The highest BCUT2D eigenvalue weighted by atomic mass is 16.5. The van der Waals surface area contributed by atoms with E-state index in [0.29, 0.717) is 23.0 Å². The van der Waals surface area contributed by atoms with Gasteiger partial charge in [0.15, 0.2) is 5.82 Å². The first-order valence-electron chi connectivity index (χ1n) is 10.1. The van der Waals surface area contributed by atoms with Crippen LogP contribution in [0.5, 0.6) is 0 Å². The topological polar surface area (TPSA) is 92.0 Å². The molecule has 0 radical (unpaired) electrons. The first kappa shape index (κ1) is 19.3. The Morgan fingerprint density at radius 3 is 2.55 bits per heavy atom. The van der Waals surface area contributed by atoms with Crippen LogP contribution in [0.1, 0.15) is 17.2 Å². The first-order chi connectivity index (χ1) is 15.1. The molecule has 8 heteroatoms. The molecule has 1 aromatic carbocycles. The van der Waals surface area contributed by atoms with Crippen LogP contribution in [0, 0.1) is 22.7 Å². The van der Waals surface area contributed by atoms with Crippen LogP contribution >= 0.6 is 0 Å². The van der Waals surface area contributed by atoms with Crippen molar-refractivity contribution in [1.82, 2.24) is 19.5 Å². The van der Waals surface area contributed by atoms with Crippen LogP contribution in [-0.4, -0.2) is 59.1 Å². The van der Waals surface area contributed by atoms with E-state index in [1.165, 1.54) is 6.21 Å². The number of imidazole rings is 1. The van der Waals surface area contributed by atoms with Crippen LogP contribution in [0.15, 0.2) is 36.5 Å². The summed E-state index contributed by atoms with van der Waals surface area (Å²) < 4.78 is 7.27. The van der Waals surface area contributed by atoms with E-state index in [0.717, 1.165) is 43.4 Å². The molecule has 0 saturated carbocycles. The van der Waals surface area contributed by atoms with Gasteiger partial charge in [0.1, 0.15) is 11.6 Å². The van der Waals surface area contributed by atoms with E-state index in [1.807, 2.05) is 48.1 Å². The van der Waals surface area contributed by atoms with Gasteiger partial charge in [0, 0.05) is 45.2 Å². The number of anilines is 2. The number of aromatic nitrogens is 4. The van der Waals surface area contributed by atoms with Crippen molar-refractivity contribution in [2.75, 3.05) is 43.6 Å². The zero-order valence-electron chi connectivity index (χ0n) is 17.5. The van der Waals surface area contributed by atoms with Gasteiger partial charge in [-0.25, -0.2) is 15.0 Å². The van der Waals surface area contributed by atoms with Crippen LogP contribution in [0.3, 0.4) is 0 Å². The standard InChI is InChI=1S/C23H23N7O/c1-25-21-17(10-24)22(30-12-23(13-30)14-31-15-23)28-19(27-21)8-9-20-26-18(11-29(20)2)16-6-4-3-5-7-16/h3-7,10-11,24H,12-15H2,1-2H3,(H,25,27,28). The van der Waals surface area contributed by atoms with Crippen LogP contribution < -0.4 is 10.2 Å². The molecular weight excluding hydrogens is 390 g/mol. The Morgan fingerprint density at radius 1 is 1.13 bits per heavy atom. The van der Waals surface area contributed by atoms with Crippen molar-refractivity contribution in [3.63, 3.8) is 0 Å². The van der Waals surface area contributed by atoms with Gasteiger partial charge < -0.3 is 24.9 Å². The van der Waals surface area contributed by atoms with E-state index >= 15 is 0 Å². The van der Waals surface area contributed by atoms with Gasteiger partial charge in [-0.1, -0.05) is 30.3 Å². The predicted molar refractivity (Wildman–Crippen MR) is 120 cm³/mol. The van der Waals surface area contributed by atoms with E-state index in [1.54, 1.807) is 7.05 Å². The fourth-order valence-corrected chi connectivity index (χ4v) is 4.01. The predicted octanol–water partition coefficient (Wildman–Crippen LogP) is 2.15. The second-order valence-electron chi connectivity index (χ2n) is 8.05. The molecule has 8 nitrogen and oxygen atoms in total. The van der Waals surface area contributed by atoms with Gasteiger partial charge in [-0.3, -0.25) is 0 Å². The maximum atomic E-state index is 7.85. The van der Waals surface area contributed by atoms with Crippen LogP contribution in [0.25, 0.3) is 11.3 Å². The minimum Gasteiger partial charge on any atom is -0.380 e. The molecule has 2 aliphatic heterocycles. The van der Waals surface area contributed by atoms with Gasteiger partial charge in [0.25, 0.3) is 0 Å². The Kier molecular flexibility index (Phi) is 4.68. The molecule has 2 fully saturated rings. The van der Waals surface area contributed by atoms with Crippen molar-refractivity contribution in [2.45, 2.75) is 0 Å². The zero-order chi connectivity index (χ0) is 21.4. The molecule has 1 spiro atoms. The van der Waals surface area contributed by atoms with E-state index in [9.17, 15) is 0 Å². The summed E-state index contributed by atoms with van der Waals surface area (Å²) >= 11 is 0. The maximum Gasteiger partial charge on any atom is 0.209 e. The van der Waals surface area contributed by atoms with Gasteiger partial charge in [-0.05, 0) is 11.8 Å². The molecule has 5 rings (SSSR count). The second kappa shape index (κ2) is 7.52. The van der Waals surface area contributed by atoms with Crippen molar-refractivity contribution in [2.24, 2.45) is 12.5 Å². The molecule has 4 heterocycles. The zero-order valence-corrected chi connectivity index (χ0v) is 17.5. The lowest BCUT2D eigenvalue weighted by Gasteiger charge is -2.55. The summed E-state index contributed by atoms with van der Waals surface area (Å²) in [6.45, 7) is 3.34. The SMILES string of the molecule is CNc1nc(C#Cc2nc(-c3ccccc3)cn2C)nc(N2CC3(COC3)C2)c1C=N. The van der Waals surface area contributed by atoms with E-state index in [2.05, 4.69) is 37.0 Å². The third kappa shape index (κ3) is 3.43. The molecule has 156 valence electrons. The number of rotatable bonds is 4. The summed E-state index contributed by atoms with van der Waals surface area (Å²) in [6, 6.07) is 10.0. The Balaban J connectivity index is 1.46. The van der Waals surface area contributed by atoms with Crippen LogP contribution in [0.2, 0.25) is 0 Å². The lowest BCUT2D eigenvalue weighted by atomic mass is 9.78. The van der Waals surface area contributed by atoms with Gasteiger partial charge in [0.05, 0.1) is 29.9 Å². The molecule has 3 aromatic rings. The van der Waals surface area contributed by atoms with E-state index in [-0.39, 0.29) is 5.41 Å². The van der Waals surface area contributed by atoms with Crippen molar-refractivity contribution in [3.05, 3.63) is 53.7 Å². The number of benzene rings is 1. The van der Waals surface area contributed by atoms with E-state index < -0.39 is 0 Å². The highest BCUT2D eigenvalue weighted by Gasteiger charge is 2.50. The number of aryl methyl sites for hydroxylation is 1. The highest BCUT2D eigenvalue weighted by Crippen LogP contribution is 2.41. The molecule has 2 saturated heterocycles. The summed E-state index contributed by atoms with van der Waals surface area (Å²) in [5, 5.41) is 10.9. The molecule has 31 heavy (non-hydrogen) atoms. The van der Waals surface area contributed by atoms with E-state index in [4.69, 9.17) is 10.1 Å². The molecule has 0 amide bonds. The van der Waals surface area contributed by atoms with Gasteiger partial charge in [-0.15, -0.1) is 0 Å². The fraction of sp³-hybridized carbons (Fsp3) is 0.304. The largest absolute Gasteiger partial charge is 0.380 e. The summed E-state index contributed by atoms with van der Waals surface area (Å²) in [5.41, 5.74) is 2.84. The monoisotopic (exact) mass is 413 g/mol. The van der Waals surface area contributed by atoms with Crippen molar-refractivity contribution in [3.8, 4) is 23.1 Å². The molecule has 2 N–H and O–H groups in total. The first-order valence-corrected chi connectivity index (χ1v) is 10.1. The molecule has 2 aromatic heterocycles. The second-order valence-corrected chi connectivity index (χ2v) is 8.05. The van der Waals surface area contributed by atoms with Crippen molar-refractivity contribution >= 4 is 17.9 Å². The molecule has 0 unspecified atom stereocenters. The van der Waals surface area contributed by atoms with Crippen molar-refractivity contribution < 1.29 is 4.74 Å². The molecule has 0 bridgehead atoms. The van der Waals surface area contributed by atoms with Gasteiger partial charge in [0.2, 0.25) is 5.82 Å². The van der Waals surface area contributed by atoms with Gasteiger partial charge in [-0.2, -0.15) is 0 Å². The number of hydrogen-bond acceptors (Lipinski definition) is 7.